The van der Waals surface area contributed by atoms with Crippen LogP contribution in [0.4, 0.5) is 0 Å². The summed E-state index contributed by atoms with van der Waals surface area (Å²) in [5.74, 6) is 0.0371. The van der Waals surface area contributed by atoms with Crippen molar-refractivity contribution in [2.75, 3.05) is 33.2 Å². The molecule has 150 valence electrons. The molecule has 2 aromatic rings. The van der Waals surface area contributed by atoms with Gasteiger partial charge >= 0.3 is 0 Å². The molecule has 7 heteroatoms. The van der Waals surface area contributed by atoms with Gasteiger partial charge in [-0.15, -0.1) is 0 Å². The fraction of sp³-hybridized carbons (Fsp3) is 0.381. The Morgan fingerprint density at radius 3 is 2.36 bits per heavy atom. The summed E-state index contributed by atoms with van der Waals surface area (Å²) in [5, 5.41) is 0. The monoisotopic (exact) mass is 402 g/mol. The predicted molar refractivity (Wildman–Crippen MR) is 109 cm³/mol. The Hall–Kier alpha value is -2.22. The second-order valence-corrected chi connectivity index (χ2v) is 9.28. The maximum absolute atomic E-state index is 12.6. The third-order valence-electron chi connectivity index (χ3n) is 5.20. The van der Waals surface area contributed by atoms with Crippen LogP contribution in [0.25, 0.3) is 0 Å². The van der Waals surface area contributed by atoms with Crippen molar-refractivity contribution in [2.45, 2.75) is 25.3 Å². The number of aryl methyl sites for hydroxylation is 2. The molecule has 2 aromatic carbocycles. The highest BCUT2D eigenvalue weighted by Gasteiger charge is 2.22. The lowest BCUT2D eigenvalue weighted by atomic mass is 10.1. The van der Waals surface area contributed by atoms with Gasteiger partial charge in [0.2, 0.25) is 10.0 Å². The van der Waals surface area contributed by atoms with Gasteiger partial charge in [-0.3, -0.25) is 4.79 Å². The average Bonchev–Trinajstić information content (AvgIpc) is 2.69. The van der Waals surface area contributed by atoms with E-state index in [-0.39, 0.29) is 12.5 Å². The molecule has 6 nitrogen and oxygen atoms in total. The van der Waals surface area contributed by atoms with Gasteiger partial charge in [-0.2, -0.15) is 0 Å². The van der Waals surface area contributed by atoms with Gasteiger partial charge < -0.3 is 9.80 Å². The molecule has 3 rings (SSSR count). The average molecular weight is 403 g/mol. The van der Waals surface area contributed by atoms with Crippen molar-refractivity contribution in [3.8, 4) is 0 Å². The molecule has 2 N–H and O–H groups in total. The molecule has 0 radical (unpaired) electrons. The van der Waals surface area contributed by atoms with Crippen LogP contribution < -0.4 is 9.62 Å². The van der Waals surface area contributed by atoms with E-state index in [1.54, 1.807) is 37.3 Å². The van der Waals surface area contributed by atoms with Gasteiger partial charge in [-0.1, -0.05) is 24.3 Å². The SMILES string of the molecule is Cc1ccc(C)c(S(=O)(=O)NCc2ccc(C(=O)N3CC[NH+](C)CC3)cc2)c1. The quantitative estimate of drug-likeness (QED) is 0.776. The zero-order valence-corrected chi connectivity index (χ0v) is 17.5. The number of carbonyl (C=O) groups is 1. The summed E-state index contributed by atoms with van der Waals surface area (Å²) >= 11 is 0. The van der Waals surface area contributed by atoms with E-state index in [0.717, 1.165) is 37.3 Å². The maximum Gasteiger partial charge on any atom is 0.254 e. The van der Waals surface area contributed by atoms with Crippen LogP contribution >= 0.6 is 0 Å². The van der Waals surface area contributed by atoms with Crippen molar-refractivity contribution in [3.05, 3.63) is 64.7 Å². The number of carbonyl (C=O) groups excluding carboxylic acids is 1. The first kappa shape index (κ1) is 20.5. The molecule has 0 bridgehead atoms. The van der Waals surface area contributed by atoms with Crippen LogP contribution in [0.15, 0.2) is 47.4 Å². The molecule has 0 saturated carbocycles. The number of nitrogens with one attached hydrogen (secondary N) is 2. The minimum Gasteiger partial charge on any atom is -0.334 e. The molecule has 0 atom stereocenters. The van der Waals surface area contributed by atoms with Crippen molar-refractivity contribution in [3.63, 3.8) is 0 Å². The van der Waals surface area contributed by atoms with Gasteiger partial charge in [0.05, 0.1) is 38.1 Å². The van der Waals surface area contributed by atoms with E-state index >= 15 is 0 Å². The van der Waals surface area contributed by atoms with Crippen LogP contribution in [0, 0.1) is 13.8 Å². The highest BCUT2D eigenvalue weighted by molar-refractivity contribution is 7.89. The Bertz CT molecular complexity index is 947. The lowest BCUT2D eigenvalue weighted by molar-refractivity contribution is -0.883. The molecule has 0 aromatic heterocycles. The van der Waals surface area contributed by atoms with Crippen molar-refractivity contribution in [1.29, 1.82) is 0 Å². The summed E-state index contributed by atoms with van der Waals surface area (Å²) in [5.41, 5.74) is 3.07. The van der Waals surface area contributed by atoms with Crippen LogP contribution in [-0.2, 0) is 16.6 Å². The Labute approximate surface area is 167 Å². The lowest BCUT2D eigenvalue weighted by Gasteiger charge is -2.30. The summed E-state index contributed by atoms with van der Waals surface area (Å²) in [6.07, 6.45) is 0. The number of likely N-dealkylation sites (N-methyl/N-ethyl adjacent to an activating group) is 1. The zero-order valence-electron chi connectivity index (χ0n) is 16.7. The highest BCUT2D eigenvalue weighted by Crippen LogP contribution is 2.17. The van der Waals surface area contributed by atoms with E-state index in [1.807, 2.05) is 24.0 Å². The Morgan fingerprint density at radius 1 is 1.07 bits per heavy atom. The van der Waals surface area contributed by atoms with Crippen LogP contribution in [0.3, 0.4) is 0 Å². The van der Waals surface area contributed by atoms with Gasteiger partial charge in [-0.05, 0) is 48.7 Å². The van der Waals surface area contributed by atoms with Gasteiger partial charge in [0.1, 0.15) is 0 Å². The fourth-order valence-corrected chi connectivity index (χ4v) is 4.64. The first-order chi connectivity index (χ1) is 13.3. The number of amides is 1. The van der Waals surface area contributed by atoms with Crippen LogP contribution in [0.5, 0.6) is 0 Å². The molecular formula is C21H28N3O3S+. The number of piperazine rings is 1. The van der Waals surface area contributed by atoms with Crippen molar-refractivity contribution < 1.29 is 18.1 Å². The number of quaternary nitrogens is 1. The third-order valence-corrected chi connectivity index (χ3v) is 6.75. The van der Waals surface area contributed by atoms with Crippen molar-refractivity contribution in [1.82, 2.24) is 9.62 Å². The summed E-state index contributed by atoms with van der Waals surface area (Å²) in [4.78, 5) is 16.2. The first-order valence-electron chi connectivity index (χ1n) is 9.53. The molecule has 1 aliphatic heterocycles. The number of benzene rings is 2. The number of rotatable bonds is 5. The maximum atomic E-state index is 12.6. The van der Waals surface area contributed by atoms with E-state index in [4.69, 9.17) is 0 Å². The minimum absolute atomic E-state index is 0.0371. The fourth-order valence-electron chi connectivity index (χ4n) is 3.29. The second kappa shape index (κ2) is 8.43. The molecular weight excluding hydrogens is 374 g/mol. The lowest BCUT2D eigenvalue weighted by Crippen LogP contribution is -3.12. The van der Waals surface area contributed by atoms with E-state index in [1.165, 1.54) is 4.90 Å². The van der Waals surface area contributed by atoms with E-state index < -0.39 is 10.0 Å². The zero-order chi connectivity index (χ0) is 20.3. The van der Waals surface area contributed by atoms with Crippen LogP contribution in [0.2, 0.25) is 0 Å². The van der Waals surface area contributed by atoms with Gasteiger partial charge in [0.25, 0.3) is 5.91 Å². The number of nitrogens with zero attached hydrogens (tertiary/aromatic N) is 1. The van der Waals surface area contributed by atoms with E-state index in [2.05, 4.69) is 11.8 Å². The molecule has 1 fully saturated rings. The minimum atomic E-state index is -3.59. The van der Waals surface area contributed by atoms with Gasteiger partial charge in [-0.25, -0.2) is 13.1 Å². The molecule has 1 saturated heterocycles. The van der Waals surface area contributed by atoms with E-state index in [9.17, 15) is 13.2 Å². The van der Waals surface area contributed by atoms with Crippen LogP contribution in [-0.4, -0.2) is 52.5 Å². The molecule has 0 aliphatic carbocycles. The first-order valence-corrected chi connectivity index (χ1v) is 11.0. The summed E-state index contributed by atoms with van der Waals surface area (Å²) in [6, 6.07) is 12.5. The summed E-state index contributed by atoms with van der Waals surface area (Å²) in [6.45, 7) is 7.30. The summed E-state index contributed by atoms with van der Waals surface area (Å²) < 4.78 is 27.9. The largest absolute Gasteiger partial charge is 0.334 e. The summed E-state index contributed by atoms with van der Waals surface area (Å²) in [7, 11) is -1.45. The number of hydrogen-bond donors (Lipinski definition) is 2. The van der Waals surface area contributed by atoms with Gasteiger partial charge in [0.15, 0.2) is 0 Å². The molecule has 1 heterocycles. The van der Waals surface area contributed by atoms with Gasteiger partial charge in [0, 0.05) is 12.1 Å². The Kier molecular flexibility index (Phi) is 6.17. The number of sulfonamides is 1. The molecule has 1 amide bonds. The Balaban J connectivity index is 1.64. The highest BCUT2D eigenvalue weighted by atomic mass is 32.2. The standard InChI is InChI=1S/C21H27N3O3S/c1-16-4-5-17(2)20(14-16)28(26,27)22-15-18-6-8-19(9-7-18)21(25)24-12-10-23(3)11-13-24/h4-9,14,22H,10-13,15H2,1-3H3/p+1. The molecule has 0 unspecified atom stereocenters. The van der Waals surface area contributed by atoms with Crippen LogP contribution in [0.1, 0.15) is 27.0 Å². The normalized spacial score (nSPS) is 15.6. The molecule has 0 spiro atoms. The van der Waals surface area contributed by atoms with E-state index in [0.29, 0.717) is 16.0 Å². The molecule has 28 heavy (non-hydrogen) atoms. The third kappa shape index (κ3) is 4.79. The smallest absolute Gasteiger partial charge is 0.254 e. The Morgan fingerprint density at radius 2 is 1.71 bits per heavy atom. The topological polar surface area (TPSA) is 70.9 Å². The second-order valence-electron chi connectivity index (χ2n) is 7.54. The predicted octanol–water partition coefficient (Wildman–Crippen LogP) is 0.752. The van der Waals surface area contributed by atoms with Crippen molar-refractivity contribution >= 4 is 15.9 Å². The molecule has 1 aliphatic rings. The van der Waals surface area contributed by atoms with Crippen molar-refractivity contribution in [2.24, 2.45) is 0 Å². The number of hydrogen-bond acceptors (Lipinski definition) is 3.